The van der Waals surface area contributed by atoms with Crippen LogP contribution in [0.3, 0.4) is 0 Å². The van der Waals surface area contributed by atoms with E-state index >= 15 is 0 Å². The first kappa shape index (κ1) is 25.7. The van der Waals surface area contributed by atoms with E-state index in [0.717, 1.165) is 43.4 Å². The molecule has 4 nitrogen and oxygen atoms in total. The van der Waals surface area contributed by atoms with Crippen molar-refractivity contribution in [2.24, 2.45) is 5.92 Å². The van der Waals surface area contributed by atoms with Gasteiger partial charge >= 0.3 is 34.2 Å². The smallest absolute Gasteiger partial charge is 0.317 e. The summed E-state index contributed by atoms with van der Waals surface area (Å²) in [6.45, 7) is 20.4. The van der Waals surface area contributed by atoms with E-state index in [1.807, 2.05) is 0 Å². The summed E-state index contributed by atoms with van der Waals surface area (Å²) in [5.41, 5.74) is 0. The van der Waals surface area contributed by atoms with Gasteiger partial charge in [0.1, 0.15) is 0 Å². The van der Waals surface area contributed by atoms with Crippen molar-refractivity contribution in [3.05, 3.63) is 0 Å². The van der Waals surface area contributed by atoms with Gasteiger partial charge in [0, 0.05) is 0 Å². The second kappa shape index (κ2) is 10.7. The van der Waals surface area contributed by atoms with Crippen LogP contribution in [0, 0.1) is 5.92 Å². The molecule has 0 N–H and O–H groups in total. The molecule has 5 atom stereocenters. The molecule has 27 heavy (non-hydrogen) atoms. The molecule has 5 unspecified atom stereocenters. The lowest BCUT2D eigenvalue weighted by molar-refractivity contribution is 0.219. The number of rotatable bonds is 10. The van der Waals surface area contributed by atoms with Crippen LogP contribution in [0.1, 0.15) is 66.7 Å². The molecule has 0 aromatic carbocycles. The molecule has 0 amide bonds. The lowest BCUT2D eigenvalue weighted by Gasteiger charge is -2.50. The highest BCUT2D eigenvalue weighted by Crippen LogP contribution is 2.39. The predicted molar refractivity (Wildman–Crippen MR) is 125 cm³/mol. The highest BCUT2D eigenvalue weighted by atomic mass is 28.5. The van der Waals surface area contributed by atoms with Crippen LogP contribution >= 0.6 is 0 Å². The average molecular weight is 451 g/mol. The minimum absolute atomic E-state index is 0.615. The second-order valence-corrected chi connectivity index (χ2v) is 23.7. The van der Waals surface area contributed by atoms with Gasteiger partial charge in [-0.2, -0.15) is 0 Å². The van der Waals surface area contributed by atoms with Crippen molar-refractivity contribution in [3.63, 3.8) is 0 Å². The van der Waals surface area contributed by atoms with Gasteiger partial charge in [-0.15, -0.1) is 0 Å². The maximum Gasteiger partial charge on any atom is 0.317 e. The van der Waals surface area contributed by atoms with Gasteiger partial charge < -0.3 is 16.5 Å². The lowest BCUT2D eigenvalue weighted by Crippen LogP contribution is -2.67. The maximum atomic E-state index is 7.04. The fourth-order valence-corrected chi connectivity index (χ4v) is 27.9. The molecule has 0 aromatic heterocycles. The molecule has 162 valence electrons. The topological polar surface area (TPSA) is 36.9 Å². The first-order valence-corrected chi connectivity index (χ1v) is 21.4. The molecule has 0 saturated carbocycles. The zero-order chi connectivity index (χ0) is 20.8. The molecule has 1 aliphatic heterocycles. The summed E-state index contributed by atoms with van der Waals surface area (Å²) in [7, 11) is -9.25. The standard InChI is InChI=1S/C19H46O4Si4/c1-10-14-16-25(7)20-24(6,13-4)21-27(9,18-19(5)12-3)23-26(8,22-25)17-15-11-2/h19H,10-18H2,1-9H3. The third-order valence-electron chi connectivity index (χ3n) is 5.75. The van der Waals surface area contributed by atoms with E-state index in [-0.39, 0.29) is 0 Å². The predicted octanol–water partition coefficient (Wildman–Crippen LogP) is 7.02. The van der Waals surface area contributed by atoms with E-state index in [2.05, 4.69) is 60.8 Å². The Bertz CT molecular complexity index is 457. The van der Waals surface area contributed by atoms with Gasteiger partial charge in [0.25, 0.3) is 0 Å². The molecule has 0 aromatic rings. The van der Waals surface area contributed by atoms with Gasteiger partial charge in [0.15, 0.2) is 0 Å². The highest BCUT2D eigenvalue weighted by Gasteiger charge is 2.56. The van der Waals surface area contributed by atoms with Gasteiger partial charge in [-0.1, -0.05) is 66.7 Å². The summed E-state index contributed by atoms with van der Waals surface area (Å²) in [4.78, 5) is 0. The Kier molecular flexibility index (Phi) is 10.2. The first-order chi connectivity index (χ1) is 12.5. The number of hydrogen-bond acceptors (Lipinski definition) is 4. The summed E-state index contributed by atoms with van der Waals surface area (Å²) in [5.74, 6) is 0.615. The van der Waals surface area contributed by atoms with E-state index in [1.54, 1.807) is 0 Å². The van der Waals surface area contributed by atoms with Crippen LogP contribution in [0.5, 0.6) is 0 Å². The van der Waals surface area contributed by atoms with E-state index < -0.39 is 34.2 Å². The van der Waals surface area contributed by atoms with Gasteiger partial charge in [0.05, 0.1) is 0 Å². The third-order valence-corrected chi connectivity index (χ3v) is 24.8. The SMILES string of the molecule is CCCC[Si]1(C)O[Si](C)(CC)O[Si](C)(CC(C)CC)O[Si](C)(CCCC)O1. The van der Waals surface area contributed by atoms with Crippen molar-refractivity contribution in [2.45, 2.75) is 117 Å². The molecular formula is C19H46O4Si4. The molecule has 1 saturated heterocycles. The minimum Gasteiger partial charge on any atom is -0.416 e. The van der Waals surface area contributed by atoms with Crippen LogP contribution < -0.4 is 0 Å². The molecule has 1 rings (SSSR count). The van der Waals surface area contributed by atoms with Crippen molar-refractivity contribution in [2.75, 3.05) is 0 Å². The zero-order valence-corrected chi connectivity index (χ0v) is 23.6. The summed E-state index contributed by atoms with van der Waals surface area (Å²) >= 11 is 0. The van der Waals surface area contributed by atoms with Crippen LogP contribution in [0.4, 0.5) is 0 Å². The van der Waals surface area contributed by atoms with E-state index in [1.165, 1.54) is 12.8 Å². The van der Waals surface area contributed by atoms with Crippen molar-refractivity contribution >= 4 is 34.2 Å². The van der Waals surface area contributed by atoms with Crippen molar-refractivity contribution < 1.29 is 16.5 Å². The Morgan fingerprint density at radius 1 is 0.630 bits per heavy atom. The lowest BCUT2D eigenvalue weighted by atomic mass is 10.2. The zero-order valence-electron chi connectivity index (χ0n) is 19.6. The molecule has 0 bridgehead atoms. The normalized spacial score (nSPS) is 39.0. The quantitative estimate of drug-likeness (QED) is 0.335. The minimum atomic E-state index is -2.34. The molecular weight excluding hydrogens is 405 g/mol. The maximum absolute atomic E-state index is 7.04. The van der Waals surface area contributed by atoms with Gasteiger partial charge in [-0.3, -0.25) is 0 Å². The summed E-state index contributed by atoms with van der Waals surface area (Å²) in [6, 6.07) is 4.11. The van der Waals surface area contributed by atoms with Crippen LogP contribution in [0.25, 0.3) is 0 Å². The van der Waals surface area contributed by atoms with Gasteiger partial charge in [0.2, 0.25) is 0 Å². The summed E-state index contributed by atoms with van der Waals surface area (Å²) < 4.78 is 27.9. The Morgan fingerprint density at radius 3 is 1.44 bits per heavy atom. The average Bonchev–Trinajstić information content (AvgIpc) is 2.56. The molecule has 1 fully saturated rings. The monoisotopic (exact) mass is 450 g/mol. The Hall–Kier alpha value is 0.708. The van der Waals surface area contributed by atoms with Gasteiger partial charge in [-0.05, 0) is 56.3 Å². The van der Waals surface area contributed by atoms with Crippen LogP contribution in [-0.2, 0) is 16.5 Å². The van der Waals surface area contributed by atoms with Crippen LogP contribution in [0.15, 0.2) is 0 Å². The van der Waals surface area contributed by atoms with E-state index in [9.17, 15) is 0 Å². The summed E-state index contributed by atoms with van der Waals surface area (Å²) in [5, 5.41) is 0. The molecule has 0 aliphatic carbocycles. The Balaban J connectivity index is 3.25. The van der Waals surface area contributed by atoms with E-state index in [4.69, 9.17) is 16.5 Å². The molecule has 0 radical (unpaired) electrons. The molecule has 1 aliphatic rings. The second-order valence-electron chi connectivity index (χ2n) is 9.22. The van der Waals surface area contributed by atoms with Crippen LogP contribution in [0.2, 0.25) is 50.4 Å². The first-order valence-electron chi connectivity index (χ1n) is 11.3. The third kappa shape index (κ3) is 8.16. The Labute approximate surface area is 173 Å². The largest absolute Gasteiger partial charge is 0.416 e. The Morgan fingerprint density at radius 2 is 1.04 bits per heavy atom. The van der Waals surface area contributed by atoms with Crippen molar-refractivity contribution in [3.8, 4) is 0 Å². The van der Waals surface area contributed by atoms with Gasteiger partial charge in [-0.25, -0.2) is 0 Å². The number of hydrogen-bond donors (Lipinski definition) is 0. The molecule has 1 heterocycles. The highest BCUT2D eigenvalue weighted by molar-refractivity contribution is 6.93. The number of unbranched alkanes of at least 4 members (excludes halogenated alkanes) is 2. The fourth-order valence-electron chi connectivity index (χ4n) is 4.12. The van der Waals surface area contributed by atoms with E-state index in [0.29, 0.717) is 5.92 Å². The van der Waals surface area contributed by atoms with Crippen molar-refractivity contribution in [1.29, 1.82) is 0 Å². The molecule has 8 heteroatoms. The molecule has 0 spiro atoms. The van der Waals surface area contributed by atoms with Crippen molar-refractivity contribution in [1.82, 2.24) is 0 Å². The fraction of sp³-hybridized carbons (Fsp3) is 1.00. The summed E-state index contributed by atoms with van der Waals surface area (Å²) in [6.07, 6.45) is 5.84. The van der Waals surface area contributed by atoms with Crippen LogP contribution in [-0.4, -0.2) is 34.2 Å².